The van der Waals surface area contributed by atoms with Crippen LogP contribution in [0.2, 0.25) is 0 Å². The lowest BCUT2D eigenvalue weighted by Gasteiger charge is -2.11. The van der Waals surface area contributed by atoms with Gasteiger partial charge in [-0.25, -0.2) is 15.1 Å². The summed E-state index contributed by atoms with van der Waals surface area (Å²) in [4.78, 5) is 18.6. The second kappa shape index (κ2) is 10.1. The highest BCUT2D eigenvalue weighted by Crippen LogP contribution is 2.35. The SMILES string of the molecule is CN(C)c1ccc(C=NNC(=O)c2csc(-n3nc(-c4ccc5ccccc5c4)cc3C(F)(F)F)n2)cc1. The zero-order chi connectivity index (χ0) is 26.9. The first-order valence-electron chi connectivity index (χ1n) is 11.4. The van der Waals surface area contributed by atoms with Crippen LogP contribution < -0.4 is 10.3 Å². The molecule has 0 saturated heterocycles. The van der Waals surface area contributed by atoms with Gasteiger partial charge in [0.05, 0.1) is 11.9 Å². The Bertz CT molecular complexity index is 1640. The summed E-state index contributed by atoms with van der Waals surface area (Å²) < 4.78 is 42.4. The van der Waals surface area contributed by atoms with Gasteiger partial charge in [-0.15, -0.1) is 11.3 Å². The molecule has 1 amide bonds. The Labute approximate surface area is 219 Å². The quantitative estimate of drug-likeness (QED) is 0.214. The molecule has 38 heavy (non-hydrogen) atoms. The molecule has 5 aromatic rings. The number of halogens is 3. The number of anilines is 1. The van der Waals surface area contributed by atoms with E-state index in [4.69, 9.17) is 0 Å². The van der Waals surface area contributed by atoms with Gasteiger partial charge in [0.1, 0.15) is 5.69 Å². The zero-order valence-corrected chi connectivity index (χ0v) is 21.1. The first kappa shape index (κ1) is 25.2. The van der Waals surface area contributed by atoms with Gasteiger partial charge in [0.15, 0.2) is 5.69 Å². The average Bonchev–Trinajstić information content (AvgIpc) is 3.57. The Hall–Kier alpha value is -4.51. The monoisotopic (exact) mass is 534 g/mol. The van der Waals surface area contributed by atoms with Crippen LogP contribution >= 0.6 is 11.3 Å². The summed E-state index contributed by atoms with van der Waals surface area (Å²) >= 11 is 0.878. The predicted molar refractivity (Wildman–Crippen MR) is 143 cm³/mol. The molecule has 0 spiro atoms. The zero-order valence-electron chi connectivity index (χ0n) is 20.3. The molecule has 0 radical (unpaired) electrons. The molecule has 11 heteroatoms. The molecule has 3 aromatic carbocycles. The van der Waals surface area contributed by atoms with Crippen molar-refractivity contribution in [2.24, 2.45) is 5.10 Å². The predicted octanol–water partition coefficient (Wildman–Crippen LogP) is 6.00. The van der Waals surface area contributed by atoms with Gasteiger partial charge in [-0.05, 0) is 40.6 Å². The number of hydrogen-bond acceptors (Lipinski definition) is 6. The van der Waals surface area contributed by atoms with Crippen LogP contribution in [0.5, 0.6) is 0 Å². The number of nitrogens with zero attached hydrogens (tertiary/aromatic N) is 5. The molecule has 5 rings (SSSR count). The molecule has 0 saturated carbocycles. The second-order valence-corrected chi connectivity index (χ2v) is 9.42. The van der Waals surface area contributed by atoms with E-state index in [1.165, 1.54) is 11.6 Å². The van der Waals surface area contributed by atoms with E-state index in [1.54, 1.807) is 12.1 Å². The Kier molecular flexibility index (Phi) is 6.68. The molecule has 0 bridgehead atoms. The van der Waals surface area contributed by atoms with Crippen molar-refractivity contribution in [1.82, 2.24) is 20.2 Å². The highest BCUT2D eigenvalue weighted by atomic mass is 32.1. The number of thiazole rings is 1. The summed E-state index contributed by atoms with van der Waals surface area (Å²) in [7, 11) is 3.85. The molecule has 0 aliphatic rings. The van der Waals surface area contributed by atoms with Gasteiger partial charge in [0.2, 0.25) is 5.13 Å². The normalized spacial score (nSPS) is 11.8. The van der Waals surface area contributed by atoms with Crippen LogP contribution in [-0.2, 0) is 6.18 Å². The standard InChI is InChI=1S/C27H21F3N6OS/c1-35(2)21-11-7-17(8-12-21)15-31-33-25(37)23-16-38-26(32-23)36-24(27(28,29)30)14-22(34-36)20-10-9-18-5-3-4-6-19(18)13-20/h3-16H,1-2H3,(H,33,37). The van der Waals surface area contributed by atoms with Crippen molar-refractivity contribution in [3.05, 3.63) is 95.1 Å². The van der Waals surface area contributed by atoms with Crippen LogP contribution in [0.15, 0.2) is 83.3 Å². The summed E-state index contributed by atoms with van der Waals surface area (Å²) in [6.45, 7) is 0. The first-order chi connectivity index (χ1) is 18.2. The Morgan fingerprint density at radius 3 is 2.47 bits per heavy atom. The van der Waals surface area contributed by atoms with Gasteiger partial charge >= 0.3 is 6.18 Å². The van der Waals surface area contributed by atoms with E-state index in [1.807, 2.05) is 73.6 Å². The number of hydrogen-bond donors (Lipinski definition) is 1. The van der Waals surface area contributed by atoms with Gasteiger partial charge in [-0.1, -0.05) is 48.5 Å². The fraction of sp³-hybridized carbons (Fsp3) is 0.111. The Morgan fingerprint density at radius 2 is 1.76 bits per heavy atom. The van der Waals surface area contributed by atoms with E-state index in [2.05, 4.69) is 20.6 Å². The van der Waals surface area contributed by atoms with Crippen LogP contribution in [0.25, 0.3) is 27.2 Å². The maximum absolute atomic E-state index is 13.9. The number of fused-ring (bicyclic) bond motifs is 1. The molecule has 0 atom stereocenters. The van der Waals surface area contributed by atoms with Crippen molar-refractivity contribution in [2.75, 3.05) is 19.0 Å². The maximum atomic E-state index is 13.9. The smallest absolute Gasteiger partial charge is 0.378 e. The Balaban J connectivity index is 1.38. The molecule has 0 aliphatic heterocycles. The van der Waals surface area contributed by atoms with Crippen LogP contribution in [0.1, 0.15) is 21.7 Å². The highest BCUT2D eigenvalue weighted by Gasteiger charge is 2.37. The average molecular weight is 535 g/mol. The number of rotatable bonds is 6. The number of alkyl halides is 3. The number of aromatic nitrogens is 3. The number of benzene rings is 3. The molecule has 0 aliphatic carbocycles. The minimum atomic E-state index is -4.68. The van der Waals surface area contributed by atoms with Crippen molar-refractivity contribution < 1.29 is 18.0 Å². The van der Waals surface area contributed by atoms with Crippen LogP contribution in [0.4, 0.5) is 18.9 Å². The minimum Gasteiger partial charge on any atom is -0.378 e. The summed E-state index contributed by atoms with van der Waals surface area (Å²) in [6.07, 6.45) is -3.21. The molecule has 0 unspecified atom stereocenters. The third-order valence-electron chi connectivity index (χ3n) is 5.74. The summed E-state index contributed by atoms with van der Waals surface area (Å²) in [6, 6.07) is 21.4. The van der Waals surface area contributed by atoms with E-state index < -0.39 is 17.8 Å². The third kappa shape index (κ3) is 5.28. The lowest BCUT2D eigenvalue weighted by molar-refractivity contribution is -0.142. The van der Waals surface area contributed by atoms with E-state index in [9.17, 15) is 18.0 Å². The molecule has 2 heterocycles. The topological polar surface area (TPSA) is 75.4 Å². The van der Waals surface area contributed by atoms with Gasteiger partial charge in [0, 0.05) is 30.7 Å². The molecule has 192 valence electrons. The maximum Gasteiger partial charge on any atom is 0.433 e. The number of nitrogens with one attached hydrogen (secondary N) is 1. The van der Waals surface area contributed by atoms with E-state index in [-0.39, 0.29) is 16.5 Å². The summed E-state index contributed by atoms with van der Waals surface area (Å²) in [5.74, 6) is -0.649. The van der Waals surface area contributed by atoms with E-state index >= 15 is 0 Å². The summed E-state index contributed by atoms with van der Waals surface area (Å²) in [5, 5.41) is 11.3. The van der Waals surface area contributed by atoms with Gasteiger partial charge in [-0.3, -0.25) is 4.79 Å². The summed E-state index contributed by atoms with van der Waals surface area (Å²) in [5.41, 5.74) is 3.77. The fourth-order valence-electron chi connectivity index (χ4n) is 3.77. The molecule has 2 aromatic heterocycles. The number of carbonyl (C=O) groups excluding carboxylic acids is 1. The van der Waals surface area contributed by atoms with Crippen LogP contribution in [-0.4, -0.2) is 41.0 Å². The van der Waals surface area contributed by atoms with Crippen molar-refractivity contribution in [3.8, 4) is 16.4 Å². The molecular formula is C27H21F3N6OS. The lowest BCUT2D eigenvalue weighted by Crippen LogP contribution is -2.18. The van der Waals surface area contributed by atoms with E-state index in [0.29, 0.717) is 5.56 Å². The number of carbonyl (C=O) groups is 1. The second-order valence-electron chi connectivity index (χ2n) is 8.59. The molecular weight excluding hydrogens is 513 g/mol. The Morgan fingerprint density at radius 1 is 1.03 bits per heavy atom. The van der Waals surface area contributed by atoms with E-state index in [0.717, 1.165) is 44.1 Å². The van der Waals surface area contributed by atoms with Crippen LogP contribution in [0.3, 0.4) is 0 Å². The number of amides is 1. The third-order valence-corrected chi connectivity index (χ3v) is 6.56. The van der Waals surface area contributed by atoms with Crippen LogP contribution in [0, 0.1) is 0 Å². The molecule has 7 nitrogen and oxygen atoms in total. The fourth-order valence-corrected chi connectivity index (χ4v) is 4.53. The molecule has 0 fully saturated rings. The lowest BCUT2D eigenvalue weighted by atomic mass is 10.1. The van der Waals surface area contributed by atoms with Gasteiger partial charge in [-0.2, -0.15) is 23.4 Å². The van der Waals surface area contributed by atoms with Crippen molar-refractivity contribution in [2.45, 2.75) is 6.18 Å². The largest absolute Gasteiger partial charge is 0.433 e. The molecule has 1 N–H and O–H groups in total. The van der Waals surface area contributed by atoms with Crippen molar-refractivity contribution in [3.63, 3.8) is 0 Å². The van der Waals surface area contributed by atoms with Crippen molar-refractivity contribution in [1.29, 1.82) is 0 Å². The number of hydrazone groups is 1. The van der Waals surface area contributed by atoms with Crippen molar-refractivity contribution >= 4 is 39.9 Å². The van der Waals surface area contributed by atoms with Gasteiger partial charge in [0.25, 0.3) is 5.91 Å². The minimum absolute atomic E-state index is 0.0685. The first-order valence-corrected chi connectivity index (χ1v) is 12.3. The highest BCUT2D eigenvalue weighted by molar-refractivity contribution is 7.12. The van der Waals surface area contributed by atoms with Gasteiger partial charge < -0.3 is 4.90 Å².